The van der Waals surface area contributed by atoms with Gasteiger partial charge in [0.1, 0.15) is 0 Å². The van der Waals surface area contributed by atoms with Gasteiger partial charge in [0, 0.05) is 22.9 Å². The van der Waals surface area contributed by atoms with Crippen LogP contribution >= 0.6 is 11.8 Å². The molecular formula is C18H20N2OS. The quantitative estimate of drug-likeness (QED) is 0.927. The first-order chi connectivity index (χ1) is 10.8. The molecule has 1 heterocycles. The van der Waals surface area contributed by atoms with Gasteiger partial charge in [-0.25, -0.2) is 5.01 Å². The van der Waals surface area contributed by atoms with Crippen molar-refractivity contribution in [1.29, 1.82) is 0 Å². The molecule has 0 unspecified atom stereocenters. The van der Waals surface area contributed by atoms with E-state index in [1.807, 2.05) is 47.5 Å². The van der Waals surface area contributed by atoms with Crippen molar-refractivity contribution >= 4 is 17.7 Å². The molecule has 1 aliphatic heterocycles. The lowest BCUT2D eigenvalue weighted by atomic mass is 10.1. The van der Waals surface area contributed by atoms with Gasteiger partial charge in [-0.2, -0.15) is 0 Å². The van der Waals surface area contributed by atoms with Crippen LogP contribution in [0.15, 0.2) is 64.4 Å². The average Bonchev–Trinajstić information content (AvgIpc) is 2.57. The number of nitrogens with zero attached hydrogens (tertiary/aromatic N) is 1. The molecule has 1 amide bonds. The maximum Gasteiger partial charge on any atom is 0.266 e. The highest BCUT2D eigenvalue weighted by molar-refractivity contribution is 7.99. The third kappa shape index (κ3) is 3.90. The molecule has 3 nitrogen and oxygen atoms in total. The summed E-state index contributed by atoms with van der Waals surface area (Å²) < 4.78 is 0. The highest BCUT2D eigenvalue weighted by atomic mass is 32.2. The van der Waals surface area contributed by atoms with E-state index >= 15 is 0 Å². The fourth-order valence-electron chi connectivity index (χ4n) is 2.57. The number of hydrazine groups is 1. The second-order valence-corrected chi connectivity index (χ2v) is 6.52. The molecule has 0 radical (unpaired) electrons. The zero-order valence-electron chi connectivity index (χ0n) is 12.5. The van der Waals surface area contributed by atoms with Crippen LogP contribution in [0.4, 0.5) is 0 Å². The number of hydrogen-bond donors (Lipinski definition) is 1. The molecule has 1 fully saturated rings. The van der Waals surface area contributed by atoms with Gasteiger partial charge in [-0.1, -0.05) is 48.5 Å². The minimum Gasteiger partial charge on any atom is -0.285 e. The third-order valence-corrected chi connectivity index (χ3v) is 4.80. The maximum atomic E-state index is 12.6. The highest BCUT2D eigenvalue weighted by Crippen LogP contribution is 2.30. The lowest BCUT2D eigenvalue weighted by Crippen LogP contribution is -2.45. The molecule has 2 aromatic carbocycles. The zero-order valence-corrected chi connectivity index (χ0v) is 13.3. The van der Waals surface area contributed by atoms with Gasteiger partial charge < -0.3 is 0 Å². The number of amides is 1. The predicted octanol–water partition coefficient (Wildman–Crippen LogP) is 3.97. The molecule has 0 aliphatic carbocycles. The Hall–Kier alpha value is -1.78. The molecule has 2 aromatic rings. The van der Waals surface area contributed by atoms with Crippen LogP contribution in [0.1, 0.15) is 29.6 Å². The van der Waals surface area contributed by atoms with Crippen molar-refractivity contribution in [3.63, 3.8) is 0 Å². The van der Waals surface area contributed by atoms with Gasteiger partial charge in [-0.05, 0) is 37.1 Å². The monoisotopic (exact) mass is 312 g/mol. The second kappa shape index (κ2) is 7.47. The second-order valence-electron chi connectivity index (χ2n) is 5.40. The lowest BCUT2D eigenvalue weighted by molar-refractivity contribution is 0.0747. The largest absolute Gasteiger partial charge is 0.285 e. The SMILES string of the molecule is O=C(NN1CCCCC1)c1ccccc1Sc1ccccc1. The summed E-state index contributed by atoms with van der Waals surface area (Å²) in [7, 11) is 0. The summed E-state index contributed by atoms with van der Waals surface area (Å²) in [5.41, 5.74) is 3.78. The van der Waals surface area contributed by atoms with Crippen molar-refractivity contribution < 1.29 is 4.79 Å². The summed E-state index contributed by atoms with van der Waals surface area (Å²) in [6.45, 7) is 1.89. The number of nitrogens with one attached hydrogen (secondary N) is 1. The number of carbonyl (C=O) groups excluding carboxylic acids is 1. The predicted molar refractivity (Wildman–Crippen MR) is 89.9 cm³/mol. The Bertz CT molecular complexity index is 624. The van der Waals surface area contributed by atoms with Crippen LogP contribution in [-0.2, 0) is 0 Å². The molecule has 1 aliphatic rings. The number of hydrogen-bond acceptors (Lipinski definition) is 3. The van der Waals surface area contributed by atoms with Crippen molar-refractivity contribution in [2.24, 2.45) is 0 Å². The van der Waals surface area contributed by atoms with Crippen LogP contribution in [0, 0.1) is 0 Å². The molecule has 1 N–H and O–H groups in total. The smallest absolute Gasteiger partial charge is 0.266 e. The standard InChI is InChI=1S/C18H20N2OS/c21-18(19-20-13-7-2-8-14-20)16-11-5-6-12-17(16)22-15-9-3-1-4-10-15/h1,3-6,9-12H,2,7-8,13-14H2,(H,19,21). The Morgan fingerprint density at radius 1 is 0.909 bits per heavy atom. The first-order valence-electron chi connectivity index (χ1n) is 7.71. The minimum absolute atomic E-state index is 0.0130. The van der Waals surface area contributed by atoms with Crippen molar-refractivity contribution in [2.75, 3.05) is 13.1 Å². The van der Waals surface area contributed by atoms with Crippen LogP contribution < -0.4 is 5.43 Å². The van der Waals surface area contributed by atoms with Crippen LogP contribution in [0.3, 0.4) is 0 Å². The molecule has 3 rings (SSSR count). The summed E-state index contributed by atoms with van der Waals surface area (Å²) >= 11 is 1.63. The minimum atomic E-state index is -0.0130. The molecule has 22 heavy (non-hydrogen) atoms. The molecule has 114 valence electrons. The van der Waals surface area contributed by atoms with E-state index in [2.05, 4.69) is 17.6 Å². The van der Waals surface area contributed by atoms with Gasteiger partial charge >= 0.3 is 0 Å². The van der Waals surface area contributed by atoms with E-state index in [1.165, 1.54) is 6.42 Å². The van der Waals surface area contributed by atoms with E-state index in [9.17, 15) is 4.79 Å². The molecule has 1 saturated heterocycles. The van der Waals surface area contributed by atoms with Crippen molar-refractivity contribution in [2.45, 2.75) is 29.1 Å². The molecular weight excluding hydrogens is 292 g/mol. The Balaban J connectivity index is 1.74. The number of carbonyl (C=O) groups is 1. The van der Waals surface area contributed by atoms with Crippen molar-refractivity contribution in [3.05, 3.63) is 60.2 Å². The Morgan fingerprint density at radius 3 is 2.36 bits per heavy atom. The van der Waals surface area contributed by atoms with Gasteiger partial charge in [0.15, 0.2) is 0 Å². The van der Waals surface area contributed by atoms with E-state index in [0.717, 1.165) is 41.3 Å². The van der Waals surface area contributed by atoms with E-state index in [1.54, 1.807) is 11.8 Å². The first-order valence-corrected chi connectivity index (χ1v) is 8.52. The van der Waals surface area contributed by atoms with Crippen LogP contribution in [-0.4, -0.2) is 24.0 Å². The summed E-state index contributed by atoms with van der Waals surface area (Å²) in [6, 6.07) is 17.9. The molecule has 0 atom stereocenters. The Labute approximate surface area is 135 Å². The van der Waals surface area contributed by atoms with Gasteiger partial charge in [-0.3, -0.25) is 10.2 Å². The van der Waals surface area contributed by atoms with Crippen molar-refractivity contribution in [1.82, 2.24) is 10.4 Å². The maximum absolute atomic E-state index is 12.6. The number of benzene rings is 2. The van der Waals surface area contributed by atoms with Gasteiger partial charge in [0.05, 0.1) is 5.56 Å². The molecule has 4 heteroatoms. The van der Waals surface area contributed by atoms with Crippen molar-refractivity contribution in [3.8, 4) is 0 Å². The zero-order chi connectivity index (χ0) is 15.2. The van der Waals surface area contributed by atoms with Crippen LogP contribution in [0.2, 0.25) is 0 Å². The fourth-order valence-corrected chi connectivity index (χ4v) is 3.53. The van der Waals surface area contributed by atoms with Gasteiger partial charge in [-0.15, -0.1) is 0 Å². The summed E-state index contributed by atoms with van der Waals surface area (Å²) in [5.74, 6) is -0.0130. The highest BCUT2D eigenvalue weighted by Gasteiger charge is 2.16. The molecule has 0 saturated carbocycles. The molecule has 0 aromatic heterocycles. The van der Waals surface area contributed by atoms with E-state index < -0.39 is 0 Å². The van der Waals surface area contributed by atoms with Crippen LogP contribution in [0.25, 0.3) is 0 Å². The van der Waals surface area contributed by atoms with E-state index in [0.29, 0.717) is 0 Å². The van der Waals surface area contributed by atoms with Gasteiger partial charge in [0.2, 0.25) is 0 Å². The molecule has 0 bridgehead atoms. The number of rotatable bonds is 4. The molecule has 0 spiro atoms. The Morgan fingerprint density at radius 2 is 1.59 bits per heavy atom. The van der Waals surface area contributed by atoms with E-state index in [4.69, 9.17) is 0 Å². The average molecular weight is 312 g/mol. The van der Waals surface area contributed by atoms with Crippen LogP contribution in [0.5, 0.6) is 0 Å². The summed E-state index contributed by atoms with van der Waals surface area (Å²) in [4.78, 5) is 14.7. The first kappa shape index (κ1) is 15.1. The topological polar surface area (TPSA) is 32.3 Å². The van der Waals surface area contributed by atoms with Gasteiger partial charge in [0.25, 0.3) is 5.91 Å². The number of piperidine rings is 1. The summed E-state index contributed by atoms with van der Waals surface area (Å²) in [6.07, 6.45) is 3.56. The normalized spacial score (nSPS) is 15.5. The van der Waals surface area contributed by atoms with E-state index in [-0.39, 0.29) is 5.91 Å². The summed E-state index contributed by atoms with van der Waals surface area (Å²) in [5, 5.41) is 2.04. The lowest BCUT2D eigenvalue weighted by Gasteiger charge is -2.27. The Kier molecular flexibility index (Phi) is 5.14. The third-order valence-electron chi connectivity index (χ3n) is 3.72. The fraction of sp³-hybridized carbons (Fsp3) is 0.278.